The second-order valence-electron chi connectivity index (χ2n) is 5.25. The maximum Gasteiger partial charge on any atom is 0.296 e. The summed E-state index contributed by atoms with van der Waals surface area (Å²) in [6.45, 7) is 1.78. The quantitative estimate of drug-likeness (QED) is 0.540. The molecule has 0 spiro atoms. The molecule has 122 valence electrons. The lowest BCUT2D eigenvalue weighted by Gasteiger charge is -2.10. The van der Waals surface area contributed by atoms with E-state index < -0.39 is 15.0 Å². The van der Waals surface area contributed by atoms with Crippen LogP contribution in [0.3, 0.4) is 0 Å². The average Bonchev–Trinajstić information content (AvgIpc) is 2.54. The van der Waals surface area contributed by atoms with Gasteiger partial charge in [-0.1, -0.05) is 36.4 Å². The molecule has 3 aromatic rings. The van der Waals surface area contributed by atoms with Crippen LogP contribution >= 0.6 is 0 Å². The fourth-order valence-electron chi connectivity index (χ4n) is 2.42. The van der Waals surface area contributed by atoms with Gasteiger partial charge in [0, 0.05) is 5.39 Å². The molecule has 7 heteroatoms. The second kappa shape index (κ2) is 6.03. The Kier molecular flexibility index (Phi) is 4.04. The first-order chi connectivity index (χ1) is 11.4. The molecule has 0 unspecified atom stereocenters. The van der Waals surface area contributed by atoms with Crippen LogP contribution in [0.2, 0.25) is 0 Å². The Morgan fingerprint density at radius 1 is 0.917 bits per heavy atom. The summed E-state index contributed by atoms with van der Waals surface area (Å²) in [6.07, 6.45) is 0. The first kappa shape index (κ1) is 16.1. The molecule has 2 N–H and O–H groups in total. The van der Waals surface area contributed by atoms with Gasteiger partial charge < -0.3 is 5.11 Å². The van der Waals surface area contributed by atoms with Crippen LogP contribution in [0.4, 0.5) is 11.4 Å². The van der Waals surface area contributed by atoms with E-state index in [0.29, 0.717) is 16.5 Å². The van der Waals surface area contributed by atoms with Crippen molar-refractivity contribution in [2.75, 3.05) is 0 Å². The molecule has 0 aliphatic carbocycles. The van der Waals surface area contributed by atoms with Crippen LogP contribution in [0.5, 0.6) is 5.75 Å². The fraction of sp³-hybridized carbons (Fsp3) is 0.0588. The molecule has 0 fully saturated rings. The third kappa shape index (κ3) is 2.99. The summed E-state index contributed by atoms with van der Waals surface area (Å²) in [5.74, 6) is -0.344. The third-order valence-corrected chi connectivity index (χ3v) is 4.48. The van der Waals surface area contributed by atoms with E-state index in [1.807, 2.05) is 0 Å². The van der Waals surface area contributed by atoms with Crippen molar-refractivity contribution in [3.63, 3.8) is 0 Å². The van der Waals surface area contributed by atoms with Crippen LogP contribution in [0.25, 0.3) is 10.8 Å². The van der Waals surface area contributed by atoms with E-state index in [0.717, 1.165) is 5.56 Å². The molecular formula is C17H14N2O4S. The third-order valence-electron chi connectivity index (χ3n) is 3.61. The highest BCUT2D eigenvalue weighted by atomic mass is 32.2. The summed E-state index contributed by atoms with van der Waals surface area (Å²) in [5.41, 5.74) is 0.959. The Hall–Kier alpha value is -2.77. The molecule has 0 heterocycles. The second-order valence-corrected chi connectivity index (χ2v) is 6.64. The number of phenolic OH excluding ortho intramolecular Hbond substituents is 1. The smallest absolute Gasteiger partial charge is 0.296 e. The maximum absolute atomic E-state index is 11.7. The summed E-state index contributed by atoms with van der Waals surface area (Å²) in [4.78, 5) is -0.485. The predicted molar refractivity (Wildman–Crippen MR) is 90.8 cm³/mol. The highest BCUT2D eigenvalue weighted by Crippen LogP contribution is 2.42. The lowest BCUT2D eigenvalue weighted by molar-refractivity contribution is 0.472. The summed E-state index contributed by atoms with van der Waals surface area (Å²) >= 11 is 0. The van der Waals surface area contributed by atoms with Crippen LogP contribution in [0, 0.1) is 6.92 Å². The van der Waals surface area contributed by atoms with Crippen LogP contribution in [0.1, 0.15) is 5.56 Å². The Morgan fingerprint density at radius 3 is 2.29 bits per heavy atom. The molecule has 0 amide bonds. The predicted octanol–water partition coefficient (Wildman–Crippen LogP) is 4.52. The zero-order valence-corrected chi connectivity index (χ0v) is 13.5. The minimum Gasteiger partial charge on any atom is -0.505 e. The van der Waals surface area contributed by atoms with Crippen molar-refractivity contribution in [1.82, 2.24) is 0 Å². The lowest BCUT2D eigenvalue weighted by Crippen LogP contribution is -1.99. The minimum absolute atomic E-state index is 0.292. The number of rotatable bonds is 3. The highest BCUT2D eigenvalue weighted by Gasteiger charge is 2.22. The number of aromatic hydroxyl groups is 1. The van der Waals surface area contributed by atoms with Crippen LogP contribution in [-0.4, -0.2) is 18.1 Å². The Bertz CT molecular complexity index is 1050. The first-order valence-corrected chi connectivity index (χ1v) is 8.51. The van der Waals surface area contributed by atoms with Gasteiger partial charge in [-0.2, -0.15) is 13.5 Å². The molecule has 24 heavy (non-hydrogen) atoms. The maximum atomic E-state index is 11.7. The topological polar surface area (TPSA) is 99.3 Å². The Labute approximate surface area is 138 Å². The van der Waals surface area contributed by atoms with Gasteiger partial charge in [-0.15, -0.1) is 5.11 Å². The summed E-state index contributed by atoms with van der Waals surface area (Å²) < 4.78 is 32.9. The lowest BCUT2D eigenvalue weighted by atomic mass is 10.0. The van der Waals surface area contributed by atoms with Crippen molar-refractivity contribution in [2.24, 2.45) is 10.2 Å². The molecule has 0 radical (unpaired) electrons. The molecule has 0 aliphatic rings. The van der Waals surface area contributed by atoms with Crippen LogP contribution < -0.4 is 0 Å². The molecule has 0 bridgehead atoms. The van der Waals surface area contributed by atoms with Crippen molar-refractivity contribution in [3.05, 3.63) is 60.2 Å². The zero-order chi connectivity index (χ0) is 17.3. The van der Waals surface area contributed by atoms with E-state index in [1.165, 1.54) is 6.07 Å². The van der Waals surface area contributed by atoms with E-state index >= 15 is 0 Å². The first-order valence-electron chi connectivity index (χ1n) is 7.07. The number of azo groups is 1. The molecule has 3 aromatic carbocycles. The molecule has 0 aromatic heterocycles. The standard InChI is InChI=1S/C17H14N2O4S/c1-11-6-5-9-13-14(11)10-15(24(21,22)23)16(17(13)20)19-18-12-7-3-2-4-8-12/h2-10,20H,1H3,(H,21,22,23). The van der Waals surface area contributed by atoms with Gasteiger partial charge in [0.15, 0.2) is 5.75 Å². The van der Waals surface area contributed by atoms with Crippen molar-refractivity contribution in [2.45, 2.75) is 11.8 Å². The van der Waals surface area contributed by atoms with Gasteiger partial charge in [0.2, 0.25) is 0 Å². The molecule has 0 atom stereocenters. The van der Waals surface area contributed by atoms with Gasteiger partial charge >= 0.3 is 0 Å². The molecule has 0 saturated heterocycles. The Morgan fingerprint density at radius 2 is 1.62 bits per heavy atom. The van der Waals surface area contributed by atoms with Crippen molar-refractivity contribution in [3.8, 4) is 5.75 Å². The molecule has 0 aliphatic heterocycles. The van der Waals surface area contributed by atoms with Gasteiger partial charge in [-0.05, 0) is 36.1 Å². The number of phenols is 1. The van der Waals surface area contributed by atoms with E-state index in [-0.39, 0.29) is 11.4 Å². The minimum atomic E-state index is -4.58. The number of fused-ring (bicyclic) bond motifs is 1. The van der Waals surface area contributed by atoms with Gasteiger partial charge in [-0.3, -0.25) is 4.55 Å². The zero-order valence-electron chi connectivity index (χ0n) is 12.7. The van der Waals surface area contributed by atoms with E-state index in [1.54, 1.807) is 55.5 Å². The normalized spacial score (nSPS) is 12.1. The van der Waals surface area contributed by atoms with Gasteiger partial charge in [-0.25, -0.2) is 0 Å². The molecule has 6 nitrogen and oxygen atoms in total. The summed E-state index contributed by atoms with van der Waals surface area (Å²) in [6, 6.07) is 15.1. The SMILES string of the molecule is Cc1cccc2c(O)c(N=Nc3ccccc3)c(S(=O)(=O)O)cc12. The summed E-state index contributed by atoms with van der Waals surface area (Å²) in [7, 11) is -4.58. The van der Waals surface area contributed by atoms with Crippen molar-refractivity contribution in [1.29, 1.82) is 0 Å². The van der Waals surface area contributed by atoms with Crippen molar-refractivity contribution < 1.29 is 18.1 Å². The van der Waals surface area contributed by atoms with Crippen molar-refractivity contribution >= 4 is 32.3 Å². The van der Waals surface area contributed by atoms with Crippen LogP contribution in [-0.2, 0) is 10.1 Å². The number of hydrogen-bond donors (Lipinski definition) is 2. The Balaban J connectivity index is 2.29. The molecule has 3 rings (SSSR count). The number of benzene rings is 3. The molecular weight excluding hydrogens is 328 g/mol. The van der Waals surface area contributed by atoms with Crippen LogP contribution in [0.15, 0.2) is 69.7 Å². The molecule has 0 saturated carbocycles. The van der Waals surface area contributed by atoms with E-state index in [9.17, 15) is 18.1 Å². The largest absolute Gasteiger partial charge is 0.505 e. The van der Waals surface area contributed by atoms with Gasteiger partial charge in [0.25, 0.3) is 10.1 Å². The number of aryl methyl sites for hydroxylation is 1. The van der Waals surface area contributed by atoms with E-state index in [4.69, 9.17) is 0 Å². The summed E-state index contributed by atoms with van der Waals surface area (Å²) in [5, 5.41) is 19.2. The average molecular weight is 342 g/mol. The van der Waals surface area contributed by atoms with Gasteiger partial charge in [0.05, 0.1) is 5.69 Å². The highest BCUT2D eigenvalue weighted by molar-refractivity contribution is 7.86. The van der Waals surface area contributed by atoms with E-state index in [2.05, 4.69) is 10.2 Å². The number of nitrogens with zero attached hydrogens (tertiary/aromatic N) is 2. The number of hydrogen-bond acceptors (Lipinski definition) is 5. The monoisotopic (exact) mass is 342 g/mol. The fourth-order valence-corrected chi connectivity index (χ4v) is 3.07. The van der Waals surface area contributed by atoms with Gasteiger partial charge in [0.1, 0.15) is 10.6 Å².